The first kappa shape index (κ1) is 18.6. The van der Waals surface area contributed by atoms with Crippen LogP contribution >= 0.6 is 0 Å². The average molecular weight is 312 g/mol. The van der Waals surface area contributed by atoms with E-state index in [-0.39, 0.29) is 31.5 Å². The van der Waals surface area contributed by atoms with Crippen LogP contribution in [0.5, 0.6) is 0 Å². The number of hydrogen-bond donors (Lipinski definition) is 1. The van der Waals surface area contributed by atoms with Crippen LogP contribution < -0.4 is 5.32 Å². The molecule has 0 unspecified atom stereocenters. The minimum absolute atomic E-state index is 0. The molecule has 4 heteroatoms. The molecule has 23 heavy (non-hydrogen) atoms. The van der Waals surface area contributed by atoms with Gasteiger partial charge in [0.25, 0.3) is 5.91 Å². The van der Waals surface area contributed by atoms with Crippen LogP contribution in [0.3, 0.4) is 0 Å². The normalized spacial score (nSPS) is 10.0. The third-order valence-corrected chi connectivity index (χ3v) is 3.47. The number of pyridine rings is 1. The van der Waals surface area contributed by atoms with Crippen molar-refractivity contribution in [2.45, 2.75) is 34.2 Å². The Balaban J connectivity index is 0.00000264. The second-order valence-corrected chi connectivity index (χ2v) is 5.49. The van der Waals surface area contributed by atoms with E-state index < -0.39 is 0 Å². The predicted molar refractivity (Wildman–Crippen MR) is 92.1 cm³/mol. The largest absolute Gasteiger partial charge is 0.348 e. The molecule has 0 aliphatic carbocycles. The molecule has 0 bridgehead atoms. The molecular formula is C19H24N2O2. The van der Waals surface area contributed by atoms with Crippen LogP contribution in [-0.4, -0.2) is 16.7 Å². The molecule has 1 aromatic carbocycles. The maximum atomic E-state index is 12.4. The highest BCUT2D eigenvalue weighted by molar-refractivity contribution is 5.97. The number of nitrogens with one attached hydrogen (secondary N) is 1. The highest BCUT2D eigenvalue weighted by Crippen LogP contribution is 2.12. The van der Waals surface area contributed by atoms with E-state index in [0.717, 1.165) is 11.1 Å². The first-order chi connectivity index (χ1) is 10.6. The molecule has 1 heterocycles. The lowest BCUT2D eigenvalue weighted by Crippen LogP contribution is -2.25. The fraction of sp³-hybridized carbons (Fsp3) is 0.316. The Morgan fingerprint density at radius 2 is 1.74 bits per heavy atom. The number of carbonyl (C=O) groups excluding carboxylic acids is 2. The van der Waals surface area contributed by atoms with Crippen molar-refractivity contribution in [1.82, 2.24) is 10.3 Å². The zero-order valence-corrected chi connectivity index (χ0v) is 12.9. The number of carbonyl (C=O) groups is 2. The molecule has 0 spiro atoms. The van der Waals surface area contributed by atoms with Gasteiger partial charge in [0.15, 0.2) is 0 Å². The summed E-state index contributed by atoms with van der Waals surface area (Å²) in [5.74, 6) is -0.0636. The van der Waals surface area contributed by atoms with E-state index >= 15 is 0 Å². The minimum Gasteiger partial charge on any atom is -0.348 e. The number of Topliss-reactive ketones (excluding diaryl/α,β-unsaturated/α-hetero) is 1. The summed E-state index contributed by atoms with van der Waals surface area (Å²) in [7, 11) is 0. The average Bonchev–Trinajstić information content (AvgIpc) is 2.54. The lowest BCUT2D eigenvalue weighted by molar-refractivity contribution is -0.121. The predicted octanol–water partition coefficient (Wildman–Crippen LogP) is 3.42. The van der Waals surface area contributed by atoms with Crippen LogP contribution in [0.25, 0.3) is 0 Å². The number of amides is 1. The first-order valence-corrected chi connectivity index (χ1v) is 7.35. The Kier molecular flexibility index (Phi) is 7.13. The molecule has 0 aliphatic heterocycles. The molecule has 0 saturated heterocycles. The third kappa shape index (κ3) is 5.33. The Labute approximate surface area is 138 Å². The molecule has 4 nitrogen and oxygen atoms in total. The van der Waals surface area contributed by atoms with Crippen LogP contribution in [0.1, 0.15) is 42.8 Å². The van der Waals surface area contributed by atoms with Gasteiger partial charge in [-0.3, -0.25) is 14.6 Å². The van der Waals surface area contributed by atoms with Gasteiger partial charge in [-0.25, -0.2) is 0 Å². The molecule has 1 amide bonds. The number of nitrogens with zero attached hydrogens (tertiary/aromatic N) is 1. The van der Waals surface area contributed by atoms with E-state index in [1.807, 2.05) is 44.2 Å². The Bertz CT molecular complexity index is 651. The van der Waals surface area contributed by atoms with Gasteiger partial charge in [-0.1, -0.05) is 39.5 Å². The fourth-order valence-corrected chi connectivity index (χ4v) is 2.07. The maximum Gasteiger partial charge on any atom is 0.251 e. The summed E-state index contributed by atoms with van der Waals surface area (Å²) in [6, 6.07) is 11.0. The van der Waals surface area contributed by atoms with Gasteiger partial charge in [-0.2, -0.15) is 0 Å². The summed E-state index contributed by atoms with van der Waals surface area (Å²) < 4.78 is 0. The summed E-state index contributed by atoms with van der Waals surface area (Å²) in [4.78, 5) is 28.2. The van der Waals surface area contributed by atoms with Crippen LogP contribution in [0.2, 0.25) is 0 Å². The van der Waals surface area contributed by atoms with Crippen molar-refractivity contribution < 1.29 is 9.59 Å². The second-order valence-electron chi connectivity index (χ2n) is 5.49. The van der Waals surface area contributed by atoms with E-state index in [4.69, 9.17) is 0 Å². The molecule has 0 saturated carbocycles. The zero-order chi connectivity index (χ0) is 15.9. The molecule has 1 N–H and O–H groups in total. The number of aromatic nitrogens is 1. The van der Waals surface area contributed by atoms with E-state index in [1.54, 1.807) is 18.5 Å². The lowest BCUT2D eigenvalue weighted by Gasteiger charge is -2.11. The van der Waals surface area contributed by atoms with Gasteiger partial charge in [-0.05, 0) is 29.3 Å². The summed E-state index contributed by atoms with van der Waals surface area (Å²) in [6.07, 6.45) is 3.67. The van der Waals surface area contributed by atoms with E-state index in [9.17, 15) is 9.59 Å². The van der Waals surface area contributed by atoms with Crippen molar-refractivity contribution in [2.75, 3.05) is 0 Å². The topological polar surface area (TPSA) is 59.1 Å². The molecule has 0 fully saturated rings. The second kappa shape index (κ2) is 8.83. The Hall–Kier alpha value is -2.49. The number of benzene rings is 1. The quantitative estimate of drug-likeness (QED) is 0.889. The summed E-state index contributed by atoms with van der Waals surface area (Å²) in [5, 5.41) is 2.88. The van der Waals surface area contributed by atoms with Gasteiger partial charge in [0.2, 0.25) is 0 Å². The molecule has 2 rings (SSSR count). The maximum absolute atomic E-state index is 12.4. The van der Waals surface area contributed by atoms with Crippen molar-refractivity contribution >= 4 is 11.7 Å². The van der Waals surface area contributed by atoms with Crippen LogP contribution in [0.4, 0.5) is 0 Å². The zero-order valence-electron chi connectivity index (χ0n) is 12.9. The van der Waals surface area contributed by atoms with Crippen molar-refractivity contribution in [3.63, 3.8) is 0 Å². The standard InChI is InChI=1S/C18H20N2O2.CH4/c1-13(2)17(21)11-15-5-3-4-6-16(15)18(22)20-12-14-7-9-19-10-8-14;/h3-10,13H,11-12H2,1-2H3,(H,20,22);1H4. The molecule has 0 radical (unpaired) electrons. The first-order valence-electron chi connectivity index (χ1n) is 7.35. The SMILES string of the molecule is C.CC(C)C(=O)Cc1ccccc1C(=O)NCc1ccncc1. The van der Waals surface area contributed by atoms with Gasteiger partial charge in [-0.15, -0.1) is 0 Å². The van der Waals surface area contributed by atoms with Crippen molar-refractivity contribution in [3.05, 3.63) is 65.5 Å². The third-order valence-electron chi connectivity index (χ3n) is 3.47. The summed E-state index contributed by atoms with van der Waals surface area (Å²) in [5.41, 5.74) is 2.32. The van der Waals surface area contributed by atoms with Crippen molar-refractivity contribution in [1.29, 1.82) is 0 Å². The summed E-state index contributed by atoms with van der Waals surface area (Å²) >= 11 is 0. The Morgan fingerprint density at radius 1 is 1.09 bits per heavy atom. The van der Waals surface area contributed by atoms with Crippen LogP contribution in [0.15, 0.2) is 48.8 Å². The molecule has 0 atom stereocenters. The molecule has 0 aliphatic rings. The van der Waals surface area contributed by atoms with Gasteiger partial charge in [0.05, 0.1) is 0 Å². The van der Waals surface area contributed by atoms with Gasteiger partial charge < -0.3 is 5.32 Å². The summed E-state index contributed by atoms with van der Waals surface area (Å²) in [6.45, 7) is 4.18. The van der Waals surface area contributed by atoms with Gasteiger partial charge in [0, 0.05) is 36.8 Å². The lowest BCUT2D eigenvalue weighted by atomic mass is 9.97. The van der Waals surface area contributed by atoms with Crippen LogP contribution in [-0.2, 0) is 17.8 Å². The monoisotopic (exact) mass is 312 g/mol. The highest BCUT2D eigenvalue weighted by Gasteiger charge is 2.15. The smallest absolute Gasteiger partial charge is 0.251 e. The van der Waals surface area contributed by atoms with E-state index in [2.05, 4.69) is 10.3 Å². The van der Waals surface area contributed by atoms with Crippen LogP contribution in [0, 0.1) is 5.92 Å². The van der Waals surface area contributed by atoms with E-state index in [0.29, 0.717) is 12.1 Å². The van der Waals surface area contributed by atoms with Crippen molar-refractivity contribution in [2.24, 2.45) is 5.92 Å². The molecule has 122 valence electrons. The highest BCUT2D eigenvalue weighted by atomic mass is 16.1. The number of hydrogen-bond acceptors (Lipinski definition) is 3. The number of rotatable bonds is 6. The molecular weight excluding hydrogens is 288 g/mol. The van der Waals surface area contributed by atoms with Gasteiger partial charge in [0.1, 0.15) is 5.78 Å². The van der Waals surface area contributed by atoms with Crippen molar-refractivity contribution in [3.8, 4) is 0 Å². The minimum atomic E-state index is -0.163. The molecule has 1 aromatic heterocycles. The molecule has 2 aromatic rings. The number of ketones is 1. The van der Waals surface area contributed by atoms with E-state index in [1.165, 1.54) is 0 Å². The fourth-order valence-electron chi connectivity index (χ4n) is 2.07. The van der Waals surface area contributed by atoms with Gasteiger partial charge >= 0.3 is 0 Å². The Morgan fingerprint density at radius 3 is 2.39 bits per heavy atom.